The molecule has 17 heavy (non-hydrogen) atoms. The number of carbonyl (C=O) groups is 1. The van der Waals surface area contributed by atoms with Crippen LogP contribution in [-0.2, 0) is 9.53 Å². The van der Waals surface area contributed by atoms with Gasteiger partial charge in [0.2, 0.25) is 0 Å². The van der Waals surface area contributed by atoms with Crippen molar-refractivity contribution in [2.75, 3.05) is 12.8 Å². The van der Waals surface area contributed by atoms with E-state index in [1.165, 1.54) is 25.3 Å². The monoisotopic (exact) mass is 253 g/mol. The maximum absolute atomic E-state index is 10.8. The van der Waals surface area contributed by atoms with Crippen molar-refractivity contribution in [2.45, 2.75) is 0 Å². The summed E-state index contributed by atoms with van der Waals surface area (Å²) in [6.45, 7) is 0. The summed E-state index contributed by atoms with van der Waals surface area (Å²) in [5.41, 5.74) is 6.21. The zero-order valence-corrected chi connectivity index (χ0v) is 9.94. The Balaban J connectivity index is 2.85. The van der Waals surface area contributed by atoms with Gasteiger partial charge in [-0.25, -0.2) is 4.79 Å². The molecule has 0 amide bonds. The smallest absolute Gasteiger partial charge is 0.330 e. The Labute approximate surface area is 104 Å². The lowest BCUT2D eigenvalue weighted by molar-refractivity contribution is -0.134. The summed E-state index contributed by atoms with van der Waals surface area (Å²) in [5.74, 6) is -0.499. The number of esters is 1. The minimum atomic E-state index is -0.454. The zero-order chi connectivity index (χ0) is 12.8. The van der Waals surface area contributed by atoms with Gasteiger partial charge < -0.3 is 15.6 Å². The Morgan fingerprint density at radius 1 is 1.47 bits per heavy atom. The highest BCUT2D eigenvalue weighted by Gasteiger charge is 2.03. The van der Waals surface area contributed by atoms with Crippen LogP contribution in [-0.4, -0.2) is 18.2 Å². The van der Waals surface area contributed by atoms with E-state index in [0.29, 0.717) is 10.6 Å². The number of phenols is 1. The van der Waals surface area contributed by atoms with Gasteiger partial charge in [-0.3, -0.25) is 0 Å². The molecule has 0 fully saturated rings. The Hall–Kier alpha value is -1.94. The van der Waals surface area contributed by atoms with E-state index >= 15 is 0 Å². The van der Waals surface area contributed by atoms with Crippen LogP contribution >= 0.6 is 11.6 Å². The Morgan fingerprint density at radius 3 is 2.82 bits per heavy atom. The lowest BCUT2D eigenvalue weighted by Gasteiger charge is -2.03. The van der Waals surface area contributed by atoms with Gasteiger partial charge in [0.15, 0.2) is 0 Å². The molecule has 0 atom stereocenters. The maximum Gasteiger partial charge on any atom is 0.330 e. The number of hydrogen-bond donors (Lipinski definition) is 2. The molecular formula is C12H12ClNO3. The molecule has 0 saturated heterocycles. The highest BCUT2D eigenvalue weighted by atomic mass is 35.5. The van der Waals surface area contributed by atoms with Crippen LogP contribution in [0.1, 0.15) is 5.56 Å². The highest BCUT2D eigenvalue weighted by molar-refractivity contribution is 6.31. The van der Waals surface area contributed by atoms with Crippen molar-refractivity contribution in [3.05, 3.63) is 40.9 Å². The third-order valence-electron chi connectivity index (χ3n) is 1.95. The lowest BCUT2D eigenvalue weighted by Crippen LogP contribution is -1.92. The molecular weight excluding hydrogens is 242 g/mol. The molecule has 0 aliphatic heterocycles. The van der Waals surface area contributed by atoms with E-state index in [4.69, 9.17) is 17.3 Å². The van der Waals surface area contributed by atoms with Crippen LogP contribution < -0.4 is 5.73 Å². The fourth-order valence-corrected chi connectivity index (χ4v) is 1.37. The van der Waals surface area contributed by atoms with Gasteiger partial charge in [-0.2, -0.15) is 0 Å². The van der Waals surface area contributed by atoms with E-state index in [0.717, 1.165) is 0 Å². The Morgan fingerprint density at radius 2 is 2.18 bits per heavy atom. The van der Waals surface area contributed by atoms with Crippen molar-refractivity contribution >= 4 is 29.3 Å². The van der Waals surface area contributed by atoms with Crippen molar-refractivity contribution in [2.24, 2.45) is 0 Å². The van der Waals surface area contributed by atoms with Crippen molar-refractivity contribution in [3.63, 3.8) is 0 Å². The molecule has 1 aromatic rings. The molecule has 4 nitrogen and oxygen atoms in total. The summed E-state index contributed by atoms with van der Waals surface area (Å²) in [6.07, 6.45) is 5.89. The number of ether oxygens (including phenoxy) is 1. The van der Waals surface area contributed by atoms with Gasteiger partial charge in [0.1, 0.15) is 5.75 Å². The predicted octanol–water partition coefficient (Wildman–Crippen LogP) is 2.37. The van der Waals surface area contributed by atoms with Crippen molar-refractivity contribution < 1.29 is 14.6 Å². The van der Waals surface area contributed by atoms with Gasteiger partial charge in [-0.15, -0.1) is 0 Å². The van der Waals surface area contributed by atoms with E-state index in [1.54, 1.807) is 18.2 Å². The Kier molecular flexibility index (Phi) is 4.60. The third kappa shape index (κ3) is 3.85. The van der Waals surface area contributed by atoms with Gasteiger partial charge in [-0.05, 0) is 12.1 Å². The minimum Gasteiger partial charge on any atom is -0.505 e. The first kappa shape index (κ1) is 13.1. The molecule has 1 rings (SSSR count). The molecule has 0 saturated carbocycles. The van der Waals surface area contributed by atoms with Gasteiger partial charge in [0, 0.05) is 16.7 Å². The molecule has 0 aliphatic rings. The first-order chi connectivity index (χ1) is 8.04. The average molecular weight is 254 g/mol. The van der Waals surface area contributed by atoms with E-state index < -0.39 is 5.97 Å². The molecule has 3 N–H and O–H groups in total. The number of hydrogen-bond acceptors (Lipinski definition) is 4. The Bertz CT molecular complexity index is 481. The minimum absolute atomic E-state index is 0.0443. The molecule has 0 aliphatic carbocycles. The average Bonchev–Trinajstić information content (AvgIpc) is 2.30. The van der Waals surface area contributed by atoms with Crippen LogP contribution in [0.3, 0.4) is 0 Å². The predicted molar refractivity (Wildman–Crippen MR) is 67.7 cm³/mol. The zero-order valence-electron chi connectivity index (χ0n) is 9.18. The van der Waals surface area contributed by atoms with Crippen molar-refractivity contribution in [1.82, 2.24) is 0 Å². The van der Waals surface area contributed by atoms with Gasteiger partial charge in [0.05, 0.1) is 12.8 Å². The number of allylic oxidation sites excluding steroid dienone is 2. The van der Waals surface area contributed by atoms with E-state index in [-0.39, 0.29) is 11.4 Å². The number of benzene rings is 1. The molecule has 0 heterocycles. The second kappa shape index (κ2) is 5.96. The van der Waals surface area contributed by atoms with Gasteiger partial charge in [0.25, 0.3) is 0 Å². The van der Waals surface area contributed by atoms with Crippen molar-refractivity contribution in [3.8, 4) is 5.75 Å². The number of nitrogen functional groups attached to an aromatic ring is 1. The number of methoxy groups -OCH3 is 1. The molecule has 0 unspecified atom stereocenters. The summed E-state index contributed by atoms with van der Waals surface area (Å²) < 4.78 is 4.41. The largest absolute Gasteiger partial charge is 0.505 e. The van der Waals surface area contributed by atoms with Crippen LogP contribution in [0.2, 0.25) is 5.02 Å². The van der Waals surface area contributed by atoms with Gasteiger partial charge >= 0.3 is 5.97 Å². The molecule has 90 valence electrons. The third-order valence-corrected chi connectivity index (χ3v) is 2.17. The summed E-state index contributed by atoms with van der Waals surface area (Å²) in [4.78, 5) is 10.8. The molecule has 0 spiro atoms. The first-order valence-corrected chi connectivity index (χ1v) is 5.13. The number of anilines is 1. The number of nitrogens with two attached hydrogens (primary N) is 1. The molecule has 1 aromatic carbocycles. The number of carbonyl (C=O) groups excluding carboxylic acids is 1. The number of rotatable bonds is 3. The topological polar surface area (TPSA) is 72.5 Å². The van der Waals surface area contributed by atoms with Crippen molar-refractivity contribution in [1.29, 1.82) is 0 Å². The fourth-order valence-electron chi connectivity index (χ4n) is 1.13. The second-order valence-electron chi connectivity index (χ2n) is 3.17. The van der Waals surface area contributed by atoms with E-state index in [1.807, 2.05) is 0 Å². The molecule has 0 bridgehead atoms. The van der Waals surface area contributed by atoms with Crippen LogP contribution in [0.4, 0.5) is 5.69 Å². The quantitative estimate of drug-likeness (QED) is 0.285. The lowest BCUT2D eigenvalue weighted by atomic mass is 10.1. The summed E-state index contributed by atoms with van der Waals surface area (Å²) in [5, 5.41) is 10.1. The van der Waals surface area contributed by atoms with Crippen LogP contribution in [0.15, 0.2) is 30.4 Å². The SMILES string of the molecule is COC(=O)C=CC=Cc1cc(Cl)cc(N)c1O. The van der Waals surface area contributed by atoms with Crippen LogP contribution in [0.5, 0.6) is 5.75 Å². The molecule has 0 radical (unpaired) electrons. The molecule has 0 aromatic heterocycles. The summed E-state index contributed by atoms with van der Waals surface area (Å²) in [7, 11) is 1.29. The van der Waals surface area contributed by atoms with Crippen LogP contribution in [0, 0.1) is 0 Å². The molecule has 5 heteroatoms. The number of phenolic OH excluding ortho intramolecular Hbond substituents is 1. The summed E-state index contributed by atoms with van der Waals surface area (Å²) >= 11 is 5.79. The fraction of sp³-hybridized carbons (Fsp3) is 0.0833. The van der Waals surface area contributed by atoms with E-state index in [9.17, 15) is 9.90 Å². The number of halogens is 1. The van der Waals surface area contributed by atoms with Crippen LogP contribution in [0.25, 0.3) is 6.08 Å². The standard InChI is InChI=1S/C12H12ClNO3/c1-17-11(15)5-3-2-4-8-6-9(13)7-10(14)12(8)16/h2-7,16H,14H2,1H3. The summed E-state index contributed by atoms with van der Waals surface area (Å²) in [6, 6.07) is 3.02. The second-order valence-corrected chi connectivity index (χ2v) is 3.61. The highest BCUT2D eigenvalue weighted by Crippen LogP contribution is 2.29. The van der Waals surface area contributed by atoms with Gasteiger partial charge in [-0.1, -0.05) is 29.8 Å². The normalized spacial score (nSPS) is 11.2. The number of aromatic hydroxyl groups is 1. The van der Waals surface area contributed by atoms with E-state index in [2.05, 4.69) is 4.74 Å². The maximum atomic E-state index is 10.8. The first-order valence-electron chi connectivity index (χ1n) is 4.75.